The van der Waals surface area contributed by atoms with E-state index in [1.165, 1.54) is 25.7 Å². The van der Waals surface area contributed by atoms with E-state index in [-0.39, 0.29) is 5.60 Å². The van der Waals surface area contributed by atoms with Gasteiger partial charge >= 0.3 is 0 Å². The van der Waals surface area contributed by atoms with Gasteiger partial charge in [0.1, 0.15) is 0 Å². The van der Waals surface area contributed by atoms with Gasteiger partial charge in [0.15, 0.2) is 0 Å². The minimum Gasteiger partial charge on any atom is -0.390 e. The number of hydrogen-bond acceptors (Lipinski definition) is 2. The maximum absolute atomic E-state index is 10.3. The molecule has 0 heterocycles. The quantitative estimate of drug-likeness (QED) is 0.688. The highest BCUT2D eigenvalue weighted by Crippen LogP contribution is 2.36. The van der Waals surface area contributed by atoms with Gasteiger partial charge in [-0.15, -0.1) is 0 Å². The Kier molecular flexibility index (Phi) is 5.62. The molecule has 0 aromatic rings. The van der Waals surface area contributed by atoms with Crippen molar-refractivity contribution in [3.05, 3.63) is 0 Å². The summed E-state index contributed by atoms with van der Waals surface area (Å²) >= 11 is 0. The van der Waals surface area contributed by atoms with Gasteiger partial charge in [-0.05, 0) is 44.4 Å². The number of aliphatic hydroxyl groups is 1. The van der Waals surface area contributed by atoms with Crippen LogP contribution in [0.5, 0.6) is 0 Å². The van der Waals surface area contributed by atoms with E-state index in [0.29, 0.717) is 0 Å². The molecule has 90 valence electrons. The largest absolute Gasteiger partial charge is 0.390 e. The molecule has 0 atom stereocenters. The zero-order valence-electron chi connectivity index (χ0n) is 10.3. The fourth-order valence-corrected chi connectivity index (χ4v) is 2.71. The van der Waals surface area contributed by atoms with Crippen LogP contribution in [-0.2, 0) is 4.74 Å². The summed E-state index contributed by atoms with van der Waals surface area (Å²) < 4.78 is 5.03. The van der Waals surface area contributed by atoms with Crippen molar-refractivity contribution in [3.8, 4) is 0 Å². The van der Waals surface area contributed by atoms with Crippen molar-refractivity contribution in [2.45, 2.75) is 63.9 Å². The first kappa shape index (κ1) is 13.0. The Morgan fingerprint density at radius 3 is 2.53 bits per heavy atom. The van der Waals surface area contributed by atoms with Gasteiger partial charge in [-0.2, -0.15) is 0 Å². The van der Waals surface area contributed by atoms with E-state index in [1.807, 2.05) is 0 Å². The minimum absolute atomic E-state index is 0.372. The summed E-state index contributed by atoms with van der Waals surface area (Å²) in [5.41, 5.74) is -0.372. The van der Waals surface area contributed by atoms with Crippen LogP contribution in [-0.4, -0.2) is 24.4 Å². The molecular weight excluding hydrogens is 188 g/mol. The molecule has 1 rings (SSSR count). The fraction of sp³-hybridized carbons (Fsp3) is 1.00. The summed E-state index contributed by atoms with van der Waals surface area (Å²) in [6.07, 6.45) is 8.98. The van der Waals surface area contributed by atoms with Crippen molar-refractivity contribution in [1.82, 2.24) is 0 Å². The molecule has 2 heteroatoms. The van der Waals surface area contributed by atoms with Crippen LogP contribution in [0.15, 0.2) is 0 Å². The second-order valence-electron chi connectivity index (χ2n) is 5.05. The fourth-order valence-electron chi connectivity index (χ4n) is 2.71. The molecular formula is C13H26O2. The van der Waals surface area contributed by atoms with Crippen LogP contribution in [0.2, 0.25) is 0 Å². The lowest BCUT2D eigenvalue weighted by Gasteiger charge is -2.36. The number of hydrogen-bond donors (Lipinski definition) is 1. The van der Waals surface area contributed by atoms with Crippen LogP contribution in [0, 0.1) is 5.92 Å². The molecule has 0 bridgehead atoms. The average molecular weight is 214 g/mol. The molecule has 0 aromatic carbocycles. The summed E-state index contributed by atoms with van der Waals surface area (Å²) in [6.45, 7) is 3.03. The summed E-state index contributed by atoms with van der Waals surface area (Å²) in [5.74, 6) is 0.873. The smallest absolute Gasteiger partial charge is 0.0648 e. The lowest BCUT2D eigenvalue weighted by Crippen LogP contribution is -2.34. The van der Waals surface area contributed by atoms with Crippen LogP contribution in [0.3, 0.4) is 0 Å². The molecule has 0 spiro atoms. The monoisotopic (exact) mass is 214 g/mol. The number of rotatable bonds is 6. The van der Waals surface area contributed by atoms with Crippen molar-refractivity contribution in [3.63, 3.8) is 0 Å². The van der Waals surface area contributed by atoms with Crippen molar-refractivity contribution in [2.24, 2.45) is 5.92 Å². The lowest BCUT2D eigenvalue weighted by molar-refractivity contribution is -0.0231. The Labute approximate surface area is 94.0 Å². The first-order valence-corrected chi connectivity index (χ1v) is 6.41. The Morgan fingerprint density at radius 1 is 1.33 bits per heavy atom. The van der Waals surface area contributed by atoms with Gasteiger partial charge in [0.2, 0.25) is 0 Å². The minimum atomic E-state index is -0.372. The predicted octanol–water partition coefficient (Wildman–Crippen LogP) is 3.13. The molecule has 0 saturated heterocycles. The topological polar surface area (TPSA) is 29.5 Å². The molecule has 0 amide bonds. The van der Waals surface area contributed by atoms with E-state index in [2.05, 4.69) is 6.92 Å². The van der Waals surface area contributed by atoms with Crippen LogP contribution < -0.4 is 0 Å². The number of ether oxygens (including phenoxy) is 1. The second kappa shape index (κ2) is 6.49. The molecule has 2 nitrogen and oxygen atoms in total. The lowest BCUT2D eigenvalue weighted by atomic mass is 9.75. The number of methoxy groups -OCH3 is 1. The molecule has 15 heavy (non-hydrogen) atoms. The highest BCUT2D eigenvalue weighted by atomic mass is 16.5. The molecule has 1 fully saturated rings. The van der Waals surface area contributed by atoms with Gasteiger partial charge in [-0.25, -0.2) is 0 Å². The van der Waals surface area contributed by atoms with Gasteiger partial charge < -0.3 is 9.84 Å². The van der Waals surface area contributed by atoms with E-state index >= 15 is 0 Å². The third kappa shape index (κ3) is 4.52. The van der Waals surface area contributed by atoms with Gasteiger partial charge in [0, 0.05) is 13.7 Å². The normalized spacial score (nSPS) is 31.8. The Hall–Kier alpha value is -0.0800. The van der Waals surface area contributed by atoms with Crippen LogP contribution in [0.4, 0.5) is 0 Å². The highest BCUT2D eigenvalue weighted by molar-refractivity contribution is 4.85. The van der Waals surface area contributed by atoms with E-state index in [1.54, 1.807) is 7.11 Å². The maximum atomic E-state index is 10.3. The molecule has 1 aliphatic carbocycles. The summed E-state index contributed by atoms with van der Waals surface area (Å²) in [6, 6.07) is 0. The van der Waals surface area contributed by atoms with Gasteiger partial charge in [-0.3, -0.25) is 0 Å². The molecule has 0 radical (unpaired) electrons. The van der Waals surface area contributed by atoms with E-state index in [4.69, 9.17) is 4.74 Å². The van der Waals surface area contributed by atoms with Crippen molar-refractivity contribution >= 4 is 0 Å². The van der Waals surface area contributed by atoms with E-state index in [9.17, 15) is 5.11 Å². The van der Waals surface area contributed by atoms with Gasteiger partial charge in [0.05, 0.1) is 5.60 Å². The summed E-state index contributed by atoms with van der Waals surface area (Å²) in [5, 5.41) is 10.3. The highest BCUT2D eigenvalue weighted by Gasteiger charge is 2.31. The molecule has 0 unspecified atom stereocenters. The Morgan fingerprint density at radius 2 is 2.00 bits per heavy atom. The molecule has 1 N–H and O–H groups in total. The van der Waals surface area contributed by atoms with Crippen molar-refractivity contribution < 1.29 is 9.84 Å². The third-order valence-electron chi connectivity index (χ3n) is 3.72. The molecule has 1 aliphatic rings. The van der Waals surface area contributed by atoms with E-state index < -0.39 is 0 Å². The molecule has 0 aromatic heterocycles. The van der Waals surface area contributed by atoms with Crippen LogP contribution in [0.1, 0.15) is 58.3 Å². The first-order chi connectivity index (χ1) is 7.20. The standard InChI is InChI=1S/C13H26O2/c1-3-5-12-6-9-13(14,10-7-12)8-4-11-15-2/h12,14H,3-11H2,1-2H3. The van der Waals surface area contributed by atoms with Gasteiger partial charge in [0.25, 0.3) is 0 Å². The predicted molar refractivity (Wildman–Crippen MR) is 62.9 cm³/mol. The van der Waals surface area contributed by atoms with Crippen molar-refractivity contribution in [2.75, 3.05) is 13.7 Å². The van der Waals surface area contributed by atoms with Crippen LogP contribution >= 0.6 is 0 Å². The Bertz CT molecular complexity index is 160. The van der Waals surface area contributed by atoms with Crippen molar-refractivity contribution in [1.29, 1.82) is 0 Å². The zero-order valence-corrected chi connectivity index (χ0v) is 10.3. The molecule has 1 saturated carbocycles. The summed E-state index contributed by atoms with van der Waals surface area (Å²) in [7, 11) is 1.72. The Balaban J connectivity index is 2.21. The average Bonchev–Trinajstić information content (AvgIpc) is 2.23. The molecule has 0 aliphatic heterocycles. The summed E-state index contributed by atoms with van der Waals surface area (Å²) in [4.78, 5) is 0. The maximum Gasteiger partial charge on any atom is 0.0648 e. The van der Waals surface area contributed by atoms with E-state index in [0.717, 1.165) is 38.2 Å². The second-order valence-corrected chi connectivity index (χ2v) is 5.05. The van der Waals surface area contributed by atoms with Crippen LogP contribution in [0.25, 0.3) is 0 Å². The SMILES string of the molecule is CCCC1CCC(O)(CCCOC)CC1. The van der Waals surface area contributed by atoms with Gasteiger partial charge in [-0.1, -0.05) is 19.8 Å². The zero-order chi connectivity index (χ0) is 11.1. The third-order valence-corrected chi connectivity index (χ3v) is 3.72. The first-order valence-electron chi connectivity index (χ1n) is 6.41.